The van der Waals surface area contributed by atoms with Crippen molar-refractivity contribution in [2.45, 2.75) is 34.1 Å². The molecule has 0 saturated carbocycles. The Balaban J connectivity index is 0.000000247. The topological polar surface area (TPSA) is 0 Å². The highest BCUT2D eigenvalue weighted by Gasteiger charge is 1.97. The second-order valence-electron chi connectivity index (χ2n) is 4.60. The number of rotatable bonds is 0. The van der Waals surface area contributed by atoms with Gasteiger partial charge in [0.05, 0.1) is 0 Å². The Kier molecular flexibility index (Phi) is 9.16. The van der Waals surface area contributed by atoms with Gasteiger partial charge in [-0.3, -0.25) is 0 Å². The Morgan fingerprint density at radius 2 is 0.913 bits per heavy atom. The minimum Gasteiger partial charge on any atom is -0.0808 e. The number of hydrogen-bond donors (Lipinski definition) is 0. The van der Waals surface area contributed by atoms with Crippen molar-refractivity contribution < 1.29 is 0 Å². The lowest BCUT2D eigenvalue weighted by Crippen LogP contribution is -1.75. The average molecular weight is 304 g/mol. The molecule has 1 aliphatic rings. The minimum atomic E-state index is 1.14. The van der Waals surface area contributed by atoms with Crippen LogP contribution in [0.25, 0.3) is 21.5 Å². The van der Waals surface area contributed by atoms with Gasteiger partial charge >= 0.3 is 0 Å². The maximum absolute atomic E-state index is 2.18. The molecular weight excluding hydrogens is 276 g/mol. The van der Waals surface area contributed by atoms with Crippen molar-refractivity contribution >= 4 is 21.5 Å². The van der Waals surface area contributed by atoms with Crippen LogP contribution in [0.4, 0.5) is 0 Å². The standard InChI is InChI=1S/C14H10.C5H6.2C2H6/c1-3-7-13-11(5-1)9-10-12-6-2-4-8-14(12)13;1-2-4-5-3-1;2*1-2/h1-10H;1-4H,5H2;2*1-2H3. The molecule has 0 aliphatic heterocycles. The zero-order chi connectivity index (χ0) is 16.9. The molecule has 0 atom stereocenters. The van der Waals surface area contributed by atoms with Crippen LogP contribution in [0.1, 0.15) is 34.1 Å². The minimum absolute atomic E-state index is 1.14. The molecule has 0 aromatic heterocycles. The fourth-order valence-electron chi connectivity index (χ4n) is 2.35. The molecule has 23 heavy (non-hydrogen) atoms. The predicted octanol–water partition coefficient (Wildman–Crippen LogP) is 7.55. The third kappa shape index (κ3) is 5.41. The summed E-state index contributed by atoms with van der Waals surface area (Å²) in [6, 6.07) is 21.4. The van der Waals surface area contributed by atoms with Gasteiger partial charge in [0.25, 0.3) is 0 Å². The van der Waals surface area contributed by atoms with Crippen molar-refractivity contribution in [3.8, 4) is 0 Å². The van der Waals surface area contributed by atoms with Gasteiger partial charge in [-0.1, -0.05) is 113 Å². The Morgan fingerprint density at radius 1 is 0.522 bits per heavy atom. The molecule has 0 heterocycles. The molecule has 3 aromatic carbocycles. The molecule has 0 radical (unpaired) electrons. The first-order valence-electron chi connectivity index (χ1n) is 8.63. The molecule has 0 heteroatoms. The number of allylic oxidation sites excluding steroid dienone is 4. The second kappa shape index (κ2) is 11.3. The predicted molar refractivity (Wildman–Crippen MR) is 107 cm³/mol. The van der Waals surface area contributed by atoms with Gasteiger partial charge < -0.3 is 0 Å². The van der Waals surface area contributed by atoms with E-state index >= 15 is 0 Å². The molecule has 0 nitrogen and oxygen atoms in total. The summed E-state index contributed by atoms with van der Waals surface area (Å²) in [5.41, 5.74) is 0. The van der Waals surface area contributed by atoms with Crippen molar-refractivity contribution in [1.29, 1.82) is 0 Å². The molecule has 1 aliphatic carbocycles. The zero-order valence-electron chi connectivity index (χ0n) is 14.8. The summed E-state index contributed by atoms with van der Waals surface area (Å²) < 4.78 is 0. The van der Waals surface area contributed by atoms with E-state index in [0.29, 0.717) is 0 Å². The molecule has 0 N–H and O–H groups in total. The van der Waals surface area contributed by atoms with Gasteiger partial charge in [-0.2, -0.15) is 0 Å². The fourth-order valence-corrected chi connectivity index (χ4v) is 2.35. The van der Waals surface area contributed by atoms with Crippen LogP contribution in [0.5, 0.6) is 0 Å². The third-order valence-electron chi connectivity index (χ3n) is 3.31. The highest BCUT2D eigenvalue weighted by Crippen LogP contribution is 2.24. The molecule has 0 bridgehead atoms. The van der Waals surface area contributed by atoms with E-state index in [-0.39, 0.29) is 0 Å². The van der Waals surface area contributed by atoms with Gasteiger partial charge in [-0.25, -0.2) is 0 Å². The van der Waals surface area contributed by atoms with E-state index in [1.54, 1.807) is 0 Å². The smallest absolute Gasteiger partial charge is 0.0105 e. The molecule has 0 amide bonds. The molecule has 0 spiro atoms. The third-order valence-corrected chi connectivity index (χ3v) is 3.31. The summed E-state index contributed by atoms with van der Waals surface area (Å²) in [6.45, 7) is 8.00. The number of fused-ring (bicyclic) bond motifs is 3. The van der Waals surface area contributed by atoms with Crippen LogP contribution in [-0.4, -0.2) is 0 Å². The first-order chi connectivity index (χ1) is 11.4. The van der Waals surface area contributed by atoms with E-state index < -0.39 is 0 Å². The van der Waals surface area contributed by atoms with Crippen molar-refractivity contribution in [3.05, 3.63) is 85.0 Å². The second-order valence-corrected chi connectivity index (χ2v) is 4.60. The van der Waals surface area contributed by atoms with Gasteiger partial charge in [-0.15, -0.1) is 0 Å². The molecule has 120 valence electrons. The van der Waals surface area contributed by atoms with E-state index in [0.717, 1.165) is 6.42 Å². The monoisotopic (exact) mass is 304 g/mol. The van der Waals surface area contributed by atoms with Crippen LogP contribution in [-0.2, 0) is 0 Å². The molecular formula is C23H28. The van der Waals surface area contributed by atoms with Crippen LogP contribution in [0.15, 0.2) is 85.0 Å². The first kappa shape index (κ1) is 18.7. The maximum Gasteiger partial charge on any atom is -0.0105 e. The highest BCUT2D eigenvalue weighted by atomic mass is 14.0. The Bertz CT molecular complexity index is 683. The van der Waals surface area contributed by atoms with Gasteiger partial charge in [0.15, 0.2) is 0 Å². The normalized spacial score (nSPS) is 11.0. The van der Waals surface area contributed by atoms with Crippen LogP contribution >= 0.6 is 0 Å². The lowest BCUT2D eigenvalue weighted by Gasteiger charge is -2.02. The largest absolute Gasteiger partial charge is 0.0808 e. The van der Waals surface area contributed by atoms with Crippen LogP contribution in [0.3, 0.4) is 0 Å². The van der Waals surface area contributed by atoms with Crippen molar-refractivity contribution in [1.82, 2.24) is 0 Å². The molecule has 4 rings (SSSR count). The number of benzene rings is 3. The zero-order valence-corrected chi connectivity index (χ0v) is 14.8. The van der Waals surface area contributed by atoms with Crippen molar-refractivity contribution in [3.63, 3.8) is 0 Å². The quantitative estimate of drug-likeness (QED) is 0.376. The average Bonchev–Trinajstić information content (AvgIpc) is 3.25. The summed E-state index contributed by atoms with van der Waals surface area (Å²) in [7, 11) is 0. The maximum atomic E-state index is 2.18. The van der Waals surface area contributed by atoms with E-state index in [2.05, 4.69) is 85.0 Å². The number of hydrogen-bond acceptors (Lipinski definition) is 0. The summed E-state index contributed by atoms with van der Waals surface area (Å²) >= 11 is 0. The van der Waals surface area contributed by atoms with E-state index in [1.807, 2.05) is 27.7 Å². The summed E-state index contributed by atoms with van der Waals surface area (Å²) in [4.78, 5) is 0. The molecule has 0 fully saturated rings. The molecule has 0 unspecified atom stereocenters. The van der Waals surface area contributed by atoms with Gasteiger partial charge in [-0.05, 0) is 28.0 Å². The summed E-state index contributed by atoms with van der Waals surface area (Å²) in [5.74, 6) is 0. The van der Waals surface area contributed by atoms with E-state index in [4.69, 9.17) is 0 Å². The Hall–Kier alpha value is -2.34. The first-order valence-corrected chi connectivity index (χ1v) is 8.63. The van der Waals surface area contributed by atoms with Crippen molar-refractivity contribution in [2.75, 3.05) is 0 Å². The summed E-state index contributed by atoms with van der Waals surface area (Å²) in [5, 5.41) is 5.30. The fraction of sp³-hybridized carbons (Fsp3) is 0.217. The lowest BCUT2D eigenvalue weighted by molar-refractivity contribution is 1.45. The Labute approximate surface area is 141 Å². The summed E-state index contributed by atoms with van der Waals surface area (Å²) in [6.07, 6.45) is 9.50. The van der Waals surface area contributed by atoms with Crippen molar-refractivity contribution in [2.24, 2.45) is 0 Å². The highest BCUT2D eigenvalue weighted by molar-refractivity contribution is 6.07. The SMILES string of the molecule is C1=CCC=C1.CC.CC.c1ccc2c(c1)ccc1ccccc12. The van der Waals surface area contributed by atoms with Gasteiger partial charge in [0, 0.05) is 0 Å². The van der Waals surface area contributed by atoms with Crippen LogP contribution < -0.4 is 0 Å². The van der Waals surface area contributed by atoms with Gasteiger partial charge in [0.1, 0.15) is 0 Å². The lowest BCUT2D eigenvalue weighted by atomic mass is 10.0. The Morgan fingerprint density at radius 3 is 1.26 bits per heavy atom. The van der Waals surface area contributed by atoms with E-state index in [1.165, 1.54) is 21.5 Å². The van der Waals surface area contributed by atoms with E-state index in [9.17, 15) is 0 Å². The molecule has 3 aromatic rings. The van der Waals surface area contributed by atoms with Crippen LogP contribution in [0, 0.1) is 0 Å². The van der Waals surface area contributed by atoms with Gasteiger partial charge in [0.2, 0.25) is 0 Å². The van der Waals surface area contributed by atoms with Crippen LogP contribution in [0.2, 0.25) is 0 Å². The molecule has 0 saturated heterocycles.